The Morgan fingerprint density at radius 3 is 2.75 bits per heavy atom. The molecule has 3 aliphatic heterocycles. The molecule has 0 aromatic carbocycles. The van der Waals surface area contributed by atoms with Crippen LogP contribution in [0.2, 0.25) is 0 Å². The number of nitrogens with one attached hydrogen (secondary N) is 1. The molecule has 1 atom stereocenters. The van der Waals surface area contributed by atoms with Crippen LogP contribution in [0, 0.1) is 0 Å². The van der Waals surface area contributed by atoms with Crippen molar-refractivity contribution in [2.75, 3.05) is 31.2 Å². The Bertz CT molecular complexity index is 286. The molecule has 0 radical (unpaired) electrons. The molecule has 3 rings (SSSR count). The van der Waals surface area contributed by atoms with Gasteiger partial charge in [0.25, 0.3) is 0 Å². The lowest BCUT2D eigenvalue weighted by molar-refractivity contribution is -0.0418. The molecule has 0 saturated carbocycles. The fraction of sp³-hybridized carbons (Fsp3) is 0.846. The molecule has 3 heterocycles. The molecule has 2 nitrogen and oxygen atoms in total. The van der Waals surface area contributed by atoms with Crippen LogP contribution in [0.5, 0.6) is 0 Å². The number of ether oxygens (including phenoxy) is 1. The summed E-state index contributed by atoms with van der Waals surface area (Å²) in [5, 5.41) is 3.45. The van der Waals surface area contributed by atoms with Crippen LogP contribution in [0.3, 0.4) is 0 Å². The zero-order chi connectivity index (χ0) is 10.8. The lowest BCUT2D eigenvalue weighted by atomic mass is 9.85. The van der Waals surface area contributed by atoms with Crippen molar-refractivity contribution in [1.29, 1.82) is 0 Å². The van der Waals surface area contributed by atoms with E-state index in [1.807, 2.05) is 0 Å². The Morgan fingerprint density at radius 2 is 2.00 bits per heavy atom. The average molecular weight is 239 g/mol. The van der Waals surface area contributed by atoms with E-state index in [1.165, 1.54) is 56.7 Å². The molecule has 1 spiro atoms. The van der Waals surface area contributed by atoms with Crippen LogP contribution < -0.4 is 5.32 Å². The summed E-state index contributed by atoms with van der Waals surface area (Å²) in [7, 11) is 0. The van der Waals surface area contributed by atoms with E-state index in [-0.39, 0.29) is 5.60 Å². The van der Waals surface area contributed by atoms with Gasteiger partial charge in [-0.2, -0.15) is 11.8 Å². The van der Waals surface area contributed by atoms with E-state index in [1.54, 1.807) is 11.1 Å². The summed E-state index contributed by atoms with van der Waals surface area (Å²) in [5.74, 6) is 2.52. The molecule has 90 valence electrons. The molecule has 3 saturated heterocycles. The van der Waals surface area contributed by atoms with Crippen molar-refractivity contribution in [3.63, 3.8) is 0 Å². The summed E-state index contributed by atoms with van der Waals surface area (Å²) in [4.78, 5) is 0. The van der Waals surface area contributed by atoms with Gasteiger partial charge < -0.3 is 10.1 Å². The highest BCUT2D eigenvalue weighted by Crippen LogP contribution is 2.41. The maximum absolute atomic E-state index is 6.08. The van der Waals surface area contributed by atoms with Gasteiger partial charge in [-0.15, -0.1) is 0 Å². The van der Waals surface area contributed by atoms with Gasteiger partial charge in [0.1, 0.15) is 0 Å². The van der Waals surface area contributed by atoms with Crippen LogP contribution in [0.15, 0.2) is 11.1 Å². The van der Waals surface area contributed by atoms with E-state index in [0.29, 0.717) is 0 Å². The minimum atomic E-state index is 0.232. The Hall–Kier alpha value is 0.01000. The van der Waals surface area contributed by atoms with Crippen molar-refractivity contribution in [3.05, 3.63) is 11.1 Å². The van der Waals surface area contributed by atoms with Crippen LogP contribution in [-0.4, -0.2) is 36.8 Å². The monoisotopic (exact) mass is 239 g/mol. The second kappa shape index (κ2) is 4.71. The van der Waals surface area contributed by atoms with E-state index in [9.17, 15) is 0 Å². The Kier molecular flexibility index (Phi) is 3.27. The van der Waals surface area contributed by atoms with Crippen molar-refractivity contribution in [3.8, 4) is 0 Å². The van der Waals surface area contributed by atoms with E-state index >= 15 is 0 Å². The van der Waals surface area contributed by atoms with Gasteiger partial charge in [-0.3, -0.25) is 0 Å². The molecule has 0 bridgehead atoms. The van der Waals surface area contributed by atoms with E-state index in [2.05, 4.69) is 17.1 Å². The van der Waals surface area contributed by atoms with Crippen LogP contribution in [0.4, 0.5) is 0 Å². The first-order chi connectivity index (χ1) is 7.88. The van der Waals surface area contributed by atoms with Crippen LogP contribution in [0.1, 0.15) is 32.1 Å². The zero-order valence-electron chi connectivity index (χ0n) is 9.89. The minimum absolute atomic E-state index is 0.232. The molecule has 3 heteroatoms. The summed E-state index contributed by atoms with van der Waals surface area (Å²) in [6.07, 6.45) is 6.25. The molecular weight excluding hydrogens is 218 g/mol. The van der Waals surface area contributed by atoms with Gasteiger partial charge in [0, 0.05) is 5.75 Å². The Labute approximate surface area is 102 Å². The zero-order valence-corrected chi connectivity index (χ0v) is 10.7. The second-order valence-corrected chi connectivity index (χ2v) is 6.32. The minimum Gasteiger partial charge on any atom is -0.373 e. The molecule has 0 amide bonds. The average Bonchev–Trinajstić information content (AvgIpc) is 2.78. The first kappa shape index (κ1) is 11.1. The van der Waals surface area contributed by atoms with Gasteiger partial charge in [0.15, 0.2) is 0 Å². The molecular formula is C13H21NOS. The Balaban J connectivity index is 1.75. The summed E-state index contributed by atoms with van der Waals surface area (Å²) in [6.45, 7) is 3.33. The number of hydrogen-bond donors (Lipinski definition) is 1. The third kappa shape index (κ3) is 2.18. The second-order valence-electron chi connectivity index (χ2n) is 5.22. The molecule has 0 aromatic heterocycles. The highest BCUT2D eigenvalue weighted by molar-refractivity contribution is 7.99. The van der Waals surface area contributed by atoms with Gasteiger partial charge in [0.05, 0.1) is 12.2 Å². The van der Waals surface area contributed by atoms with Gasteiger partial charge in [0.2, 0.25) is 0 Å². The molecule has 3 fully saturated rings. The van der Waals surface area contributed by atoms with Gasteiger partial charge >= 0.3 is 0 Å². The summed E-state index contributed by atoms with van der Waals surface area (Å²) in [6, 6.07) is 0. The van der Waals surface area contributed by atoms with Crippen LogP contribution in [0.25, 0.3) is 0 Å². The largest absolute Gasteiger partial charge is 0.373 e. The molecule has 3 aliphatic rings. The number of piperidine rings is 1. The quantitative estimate of drug-likeness (QED) is 0.656. The fourth-order valence-corrected chi connectivity index (χ4v) is 4.51. The highest BCUT2D eigenvalue weighted by Gasteiger charge is 2.39. The third-order valence-electron chi connectivity index (χ3n) is 4.12. The summed E-state index contributed by atoms with van der Waals surface area (Å²) >= 11 is 2.07. The molecule has 1 unspecified atom stereocenters. The smallest absolute Gasteiger partial charge is 0.0817 e. The lowest BCUT2D eigenvalue weighted by Crippen LogP contribution is -2.38. The highest BCUT2D eigenvalue weighted by atomic mass is 32.2. The first-order valence-corrected chi connectivity index (χ1v) is 7.66. The standard InChI is InChI=1S/C13H21NOS/c1-5-14-6-2-11(1)12-3-7-15-13(9-12)4-8-16-10-13/h14H,1-10H2. The number of thioether (sulfide) groups is 1. The van der Waals surface area contributed by atoms with Crippen molar-refractivity contribution < 1.29 is 4.74 Å². The number of rotatable bonds is 0. The maximum atomic E-state index is 6.08. The van der Waals surface area contributed by atoms with Crippen molar-refractivity contribution in [2.24, 2.45) is 0 Å². The summed E-state index contributed by atoms with van der Waals surface area (Å²) < 4.78 is 6.08. The van der Waals surface area contributed by atoms with Crippen LogP contribution >= 0.6 is 11.8 Å². The predicted octanol–water partition coefficient (Wildman–Crippen LogP) is 2.35. The maximum Gasteiger partial charge on any atom is 0.0817 e. The molecule has 0 aromatic rings. The SMILES string of the molecule is C1CC(=C2CCOC3(CCSC3)C2)CCN1. The predicted molar refractivity (Wildman–Crippen MR) is 69.0 cm³/mol. The lowest BCUT2D eigenvalue weighted by Gasteiger charge is -2.36. The Morgan fingerprint density at radius 1 is 1.12 bits per heavy atom. The van der Waals surface area contributed by atoms with Gasteiger partial charge in [-0.25, -0.2) is 0 Å². The molecule has 16 heavy (non-hydrogen) atoms. The summed E-state index contributed by atoms with van der Waals surface area (Å²) in [5.41, 5.74) is 3.73. The first-order valence-electron chi connectivity index (χ1n) is 6.50. The van der Waals surface area contributed by atoms with E-state index < -0.39 is 0 Å². The van der Waals surface area contributed by atoms with Crippen molar-refractivity contribution in [2.45, 2.75) is 37.7 Å². The topological polar surface area (TPSA) is 21.3 Å². The van der Waals surface area contributed by atoms with E-state index in [4.69, 9.17) is 4.74 Å². The van der Waals surface area contributed by atoms with E-state index in [0.717, 1.165) is 6.61 Å². The normalized spacial score (nSPS) is 36.0. The van der Waals surface area contributed by atoms with Gasteiger partial charge in [-0.05, 0) is 50.9 Å². The number of hydrogen-bond acceptors (Lipinski definition) is 3. The third-order valence-corrected chi connectivity index (χ3v) is 5.34. The van der Waals surface area contributed by atoms with Crippen molar-refractivity contribution in [1.82, 2.24) is 5.32 Å². The van der Waals surface area contributed by atoms with Crippen molar-refractivity contribution >= 4 is 11.8 Å². The fourth-order valence-electron chi connectivity index (χ4n) is 3.14. The van der Waals surface area contributed by atoms with Crippen LogP contribution in [-0.2, 0) is 4.74 Å². The molecule has 1 N–H and O–H groups in total. The van der Waals surface area contributed by atoms with Gasteiger partial charge in [-0.1, -0.05) is 11.1 Å². The molecule has 0 aliphatic carbocycles.